The van der Waals surface area contributed by atoms with E-state index >= 15 is 0 Å². The van der Waals surface area contributed by atoms with Gasteiger partial charge in [-0.1, -0.05) is 17.7 Å². The molecule has 1 heterocycles. The first-order valence-corrected chi connectivity index (χ1v) is 6.41. The van der Waals surface area contributed by atoms with Crippen molar-refractivity contribution in [3.05, 3.63) is 46.7 Å². The van der Waals surface area contributed by atoms with Crippen LogP contribution < -0.4 is 16.0 Å². The van der Waals surface area contributed by atoms with Gasteiger partial charge in [0, 0.05) is 5.56 Å². The van der Waals surface area contributed by atoms with Crippen molar-refractivity contribution in [3.63, 3.8) is 0 Å². The number of carbonyl (C=O) groups excluding carboxylic acids is 1. The van der Waals surface area contributed by atoms with Crippen LogP contribution in [0.1, 0.15) is 16.1 Å². The highest BCUT2D eigenvalue weighted by atomic mass is 35.5. The molecular formula is C13H15ClN4O2. The SMILES string of the molecule is Cc1c(Cl)cnn1CCOc1cccc(C(=O)NN)c1. The van der Waals surface area contributed by atoms with Crippen LogP contribution in [-0.2, 0) is 6.54 Å². The van der Waals surface area contributed by atoms with Crippen LogP contribution >= 0.6 is 11.6 Å². The van der Waals surface area contributed by atoms with Crippen LogP contribution in [0.15, 0.2) is 30.5 Å². The van der Waals surface area contributed by atoms with Crippen molar-refractivity contribution in [3.8, 4) is 5.75 Å². The molecule has 1 amide bonds. The highest BCUT2D eigenvalue weighted by Gasteiger charge is 2.06. The number of ether oxygens (including phenoxy) is 1. The Hall–Kier alpha value is -2.05. The van der Waals surface area contributed by atoms with Gasteiger partial charge in [-0.2, -0.15) is 5.10 Å². The molecule has 0 bridgehead atoms. The fraction of sp³-hybridized carbons (Fsp3) is 0.231. The molecule has 0 aliphatic carbocycles. The van der Waals surface area contributed by atoms with E-state index in [1.165, 1.54) is 0 Å². The Bertz CT molecular complexity index is 612. The summed E-state index contributed by atoms with van der Waals surface area (Å²) in [6.07, 6.45) is 1.60. The Morgan fingerprint density at radius 2 is 2.35 bits per heavy atom. The van der Waals surface area contributed by atoms with Crippen LogP contribution in [-0.4, -0.2) is 22.3 Å². The first kappa shape index (κ1) is 14.4. The number of hydrogen-bond acceptors (Lipinski definition) is 4. The summed E-state index contributed by atoms with van der Waals surface area (Å²) in [5.74, 6) is 5.33. The second kappa shape index (κ2) is 6.40. The number of nitrogen functional groups attached to an aromatic ring is 1. The number of aromatic nitrogens is 2. The third-order valence-corrected chi connectivity index (χ3v) is 3.21. The maximum Gasteiger partial charge on any atom is 0.265 e. The number of halogens is 1. The summed E-state index contributed by atoms with van der Waals surface area (Å²) in [5, 5.41) is 4.76. The minimum atomic E-state index is -0.356. The van der Waals surface area contributed by atoms with E-state index in [9.17, 15) is 4.79 Å². The molecule has 2 aromatic rings. The predicted molar refractivity (Wildman–Crippen MR) is 75.6 cm³/mol. The van der Waals surface area contributed by atoms with Gasteiger partial charge < -0.3 is 4.74 Å². The topological polar surface area (TPSA) is 82.2 Å². The van der Waals surface area contributed by atoms with Gasteiger partial charge in [0.25, 0.3) is 5.91 Å². The van der Waals surface area contributed by atoms with Crippen molar-refractivity contribution in [2.24, 2.45) is 5.84 Å². The number of carbonyl (C=O) groups is 1. The van der Waals surface area contributed by atoms with E-state index in [1.54, 1.807) is 35.1 Å². The number of hydrazine groups is 1. The Balaban J connectivity index is 1.94. The van der Waals surface area contributed by atoms with Gasteiger partial charge >= 0.3 is 0 Å². The number of benzene rings is 1. The smallest absolute Gasteiger partial charge is 0.265 e. The van der Waals surface area contributed by atoms with Crippen molar-refractivity contribution >= 4 is 17.5 Å². The van der Waals surface area contributed by atoms with E-state index in [1.807, 2.05) is 6.92 Å². The van der Waals surface area contributed by atoms with Crippen LogP contribution in [0.3, 0.4) is 0 Å². The van der Waals surface area contributed by atoms with E-state index in [-0.39, 0.29) is 5.91 Å². The van der Waals surface area contributed by atoms with Crippen LogP contribution in [0.5, 0.6) is 5.75 Å². The molecule has 3 N–H and O–H groups in total. The van der Waals surface area contributed by atoms with Crippen molar-refractivity contribution < 1.29 is 9.53 Å². The van der Waals surface area contributed by atoms with Crippen molar-refractivity contribution in [1.29, 1.82) is 0 Å². The number of amides is 1. The Kier molecular flexibility index (Phi) is 4.60. The summed E-state index contributed by atoms with van der Waals surface area (Å²) in [6, 6.07) is 6.80. The molecule has 0 fully saturated rings. The molecular weight excluding hydrogens is 280 g/mol. The lowest BCUT2D eigenvalue weighted by molar-refractivity contribution is 0.0953. The minimum Gasteiger partial charge on any atom is -0.492 e. The molecule has 0 spiro atoms. The standard InChI is InChI=1S/C13H15ClN4O2/c1-9-12(14)8-16-18(9)5-6-20-11-4-2-3-10(7-11)13(19)17-15/h2-4,7-8H,5-6,15H2,1H3,(H,17,19). The molecule has 6 nitrogen and oxygen atoms in total. The molecule has 0 radical (unpaired) electrons. The van der Waals surface area contributed by atoms with E-state index in [4.69, 9.17) is 22.2 Å². The Labute approximate surface area is 121 Å². The van der Waals surface area contributed by atoms with Crippen LogP contribution in [0.4, 0.5) is 0 Å². The lowest BCUT2D eigenvalue weighted by Crippen LogP contribution is -2.29. The van der Waals surface area contributed by atoms with Crippen LogP contribution in [0.25, 0.3) is 0 Å². The highest BCUT2D eigenvalue weighted by molar-refractivity contribution is 6.31. The van der Waals surface area contributed by atoms with Gasteiger partial charge in [-0.05, 0) is 25.1 Å². The summed E-state index contributed by atoms with van der Waals surface area (Å²) >= 11 is 5.92. The fourth-order valence-electron chi connectivity index (χ4n) is 1.71. The zero-order valence-corrected chi connectivity index (χ0v) is 11.7. The van der Waals surface area contributed by atoms with Gasteiger partial charge in [0.05, 0.1) is 23.5 Å². The van der Waals surface area contributed by atoms with Gasteiger partial charge in [-0.25, -0.2) is 5.84 Å². The maximum atomic E-state index is 11.4. The average Bonchev–Trinajstić information content (AvgIpc) is 2.79. The normalized spacial score (nSPS) is 10.3. The van der Waals surface area contributed by atoms with Gasteiger partial charge in [-0.15, -0.1) is 0 Å². The van der Waals surface area contributed by atoms with Gasteiger partial charge in [-0.3, -0.25) is 14.9 Å². The molecule has 106 valence electrons. The Morgan fingerprint density at radius 1 is 1.55 bits per heavy atom. The molecule has 0 aliphatic rings. The van der Waals surface area contributed by atoms with Crippen molar-refractivity contribution in [2.75, 3.05) is 6.61 Å². The maximum absolute atomic E-state index is 11.4. The first-order chi connectivity index (χ1) is 9.61. The van der Waals surface area contributed by atoms with E-state index in [2.05, 4.69) is 10.5 Å². The lowest BCUT2D eigenvalue weighted by Gasteiger charge is -2.08. The van der Waals surface area contributed by atoms with Crippen molar-refractivity contribution in [2.45, 2.75) is 13.5 Å². The van der Waals surface area contributed by atoms with Crippen LogP contribution in [0.2, 0.25) is 5.02 Å². The molecule has 20 heavy (non-hydrogen) atoms. The fourth-order valence-corrected chi connectivity index (χ4v) is 1.85. The minimum absolute atomic E-state index is 0.356. The van der Waals surface area contributed by atoms with Gasteiger partial charge in [0.2, 0.25) is 0 Å². The molecule has 7 heteroatoms. The van der Waals surface area contributed by atoms with Gasteiger partial charge in [0.15, 0.2) is 0 Å². The summed E-state index contributed by atoms with van der Waals surface area (Å²) in [6.45, 7) is 2.89. The number of rotatable bonds is 5. The second-order valence-corrected chi connectivity index (χ2v) is 4.56. The predicted octanol–water partition coefficient (Wildman–Crippen LogP) is 1.53. The van der Waals surface area contributed by atoms with E-state index < -0.39 is 0 Å². The second-order valence-electron chi connectivity index (χ2n) is 4.15. The molecule has 0 unspecified atom stereocenters. The van der Waals surface area contributed by atoms with E-state index in [0.29, 0.717) is 29.5 Å². The zero-order valence-electron chi connectivity index (χ0n) is 11.0. The number of hydrogen-bond donors (Lipinski definition) is 2. The molecule has 2 rings (SSSR count). The Morgan fingerprint density at radius 3 is 3.00 bits per heavy atom. The summed E-state index contributed by atoms with van der Waals surface area (Å²) in [7, 11) is 0. The quantitative estimate of drug-likeness (QED) is 0.498. The third kappa shape index (κ3) is 3.28. The average molecular weight is 295 g/mol. The number of nitrogens with one attached hydrogen (secondary N) is 1. The monoisotopic (exact) mass is 294 g/mol. The number of nitrogens with two attached hydrogens (primary N) is 1. The molecule has 0 saturated carbocycles. The lowest BCUT2D eigenvalue weighted by atomic mass is 10.2. The highest BCUT2D eigenvalue weighted by Crippen LogP contribution is 2.15. The number of nitrogens with zero attached hydrogens (tertiary/aromatic N) is 2. The first-order valence-electron chi connectivity index (χ1n) is 6.03. The molecule has 1 aromatic heterocycles. The van der Waals surface area contributed by atoms with E-state index in [0.717, 1.165) is 5.69 Å². The summed E-state index contributed by atoms with van der Waals surface area (Å²) in [5.41, 5.74) is 3.42. The van der Waals surface area contributed by atoms with Crippen molar-refractivity contribution in [1.82, 2.24) is 15.2 Å². The summed E-state index contributed by atoms with van der Waals surface area (Å²) < 4.78 is 7.35. The molecule has 0 saturated heterocycles. The van der Waals surface area contributed by atoms with Gasteiger partial charge in [0.1, 0.15) is 12.4 Å². The largest absolute Gasteiger partial charge is 0.492 e. The molecule has 1 aromatic carbocycles. The third-order valence-electron chi connectivity index (χ3n) is 2.84. The van der Waals surface area contributed by atoms with Crippen LogP contribution in [0, 0.1) is 6.92 Å². The zero-order chi connectivity index (χ0) is 14.5. The molecule has 0 aliphatic heterocycles. The molecule has 0 atom stereocenters. The summed E-state index contributed by atoms with van der Waals surface area (Å²) in [4.78, 5) is 11.4.